The molecule has 2 unspecified atom stereocenters. The third-order valence-electron chi connectivity index (χ3n) is 4.78. The summed E-state index contributed by atoms with van der Waals surface area (Å²) in [5.74, 6) is 1.58. The van der Waals surface area contributed by atoms with E-state index in [0.717, 1.165) is 24.8 Å². The van der Waals surface area contributed by atoms with E-state index in [2.05, 4.69) is 36.2 Å². The summed E-state index contributed by atoms with van der Waals surface area (Å²) in [4.78, 5) is 2.48. The summed E-state index contributed by atoms with van der Waals surface area (Å²) in [7, 11) is 1.67. The minimum atomic E-state index is 0.235. The first kappa shape index (κ1) is 14.0. The molecule has 4 heteroatoms. The van der Waals surface area contributed by atoms with Crippen LogP contribution in [0.1, 0.15) is 26.7 Å². The molecular formula is C16H23ClN2O. The highest BCUT2D eigenvalue weighted by Gasteiger charge is 2.45. The number of methoxy groups -OCH3 is 1. The van der Waals surface area contributed by atoms with Crippen LogP contribution in [0.5, 0.6) is 5.75 Å². The molecule has 0 amide bonds. The van der Waals surface area contributed by atoms with Crippen LogP contribution in [-0.4, -0.2) is 31.8 Å². The molecule has 0 bridgehead atoms. The van der Waals surface area contributed by atoms with E-state index in [1.54, 1.807) is 7.11 Å². The van der Waals surface area contributed by atoms with E-state index in [1.807, 2.05) is 6.07 Å². The van der Waals surface area contributed by atoms with Crippen molar-refractivity contribution in [3.63, 3.8) is 0 Å². The largest absolute Gasteiger partial charge is 0.495 e. The molecule has 3 nitrogen and oxygen atoms in total. The maximum Gasteiger partial charge on any atom is 0.139 e. The Labute approximate surface area is 126 Å². The first-order valence-corrected chi connectivity index (χ1v) is 7.76. The number of halogens is 1. The predicted molar refractivity (Wildman–Crippen MR) is 83.9 cm³/mol. The van der Waals surface area contributed by atoms with E-state index < -0.39 is 0 Å². The van der Waals surface area contributed by atoms with Gasteiger partial charge in [0.2, 0.25) is 0 Å². The van der Waals surface area contributed by atoms with Gasteiger partial charge in [-0.3, -0.25) is 0 Å². The van der Waals surface area contributed by atoms with Crippen LogP contribution < -0.4 is 15.0 Å². The molecule has 1 aliphatic heterocycles. The van der Waals surface area contributed by atoms with Gasteiger partial charge in [0, 0.05) is 36.4 Å². The Balaban J connectivity index is 1.87. The fraction of sp³-hybridized carbons (Fsp3) is 0.625. The van der Waals surface area contributed by atoms with Crippen LogP contribution in [0.25, 0.3) is 0 Å². The van der Waals surface area contributed by atoms with Crippen molar-refractivity contribution in [2.24, 2.45) is 5.92 Å². The molecule has 2 atom stereocenters. The third-order valence-corrected chi connectivity index (χ3v) is 5.09. The molecule has 1 heterocycles. The summed E-state index contributed by atoms with van der Waals surface area (Å²) >= 11 is 6.13. The van der Waals surface area contributed by atoms with E-state index >= 15 is 0 Å². The Morgan fingerprint density at radius 2 is 2.15 bits per heavy atom. The average Bonchev–Trinajstić information content (AvgIpc) is 3.27. The van der Waals surface area contributed by atoms with Crippen LogP contribution >= 0.6 is 11.6 Å². The van der Waals surface area contributed by atoms with Crippen molar-refractivity contribution in [1.82, 2.24) is 5.32 Å². The van der Waals surface area contributed by atoms with Gasteiger partial charge in [0.25, 0.3) is 0 Å². The Kier molecular flexibility index (Phi) is 3.59. The minimum absolute atomic E-state index is 0.235. The SMILES string of the molecule is COc1cc(N2CC(C)(C3CC3)NCC2C)ccc1Cl. The van der Waals surface area contributed by atoms with Crippen LogP contribution in [0.2, 0.25) is 5.02 Å². The maximum absolute atomic E-state index is 6.13. The van der Waals surface area contributed by atoms with Crippen molar-refractivity contribution in [2.45, 2.75) is 38.3 Å². The molecular weight excluding hydrogens is 272 g/mol. The van der Waals surface area contributed by atoms with Crippen molar-refractivity contribution in [2.75, 3.05) is 25.1 Å². The van der Waals surface area contributed by atoms with Crippen molar-refractivity contribution in [3.05, 3.63) is 23.2 Å². The first-order chi connectivity index (χ1) is 9.53. The third kappa shape index (κ3) is 2.49. The van der Waals surface area contributed by atoms with Crippen molar-refractivity contribution in [1.29, 1.82) is 0 Å². The maximum atomic E-state index is 6.13. The van der Waals surface area contributed by atoms with Crippen LogP contribution in [0.15, 0.2) is 18.2 Å². The highest BCUT2D eigenvalue weighted by molar-refractivity contribution is 6.32. The summed E-state index contributed by atoms with van der Waals surface area (Å²) in [5.41, 5.74) is 1.44. The van der Waals surface area contributed by atoms with Crippen LogP contribution in [0.4, 0.5) is 5.69 Å². The van der Waals surface area contributed by atoms with Crippen LogP contribution in [-0.2, 0) is 0 Å². The second-order valence-electron chi connectivity index (χ2n) is 6.37. The number of nitrogens with one attached hydrogen (secondary N) is 1. The monoisotopic (exact) mass is 294 g/mol. The number of nitrogens with zero attached hydrogens (tertiary/aromatic N) is 1. The molecule has 1 N–H and O–H groups in total. The Morgan fingerprint density at radius 3 is 2.80 bits per heavy atom. The molecule has 110 valence electrons. The fourth-order valence-electron chi connectivity index (χ4n) is 3.22. The van der Waals surface area contributed by atoms with Crippen molar-refractivity contribution in [3.8, 4) is 5.75 Å². The Bertz CT molecular complexity index is 503. The van der Waals surface area contributed by atoms with E-state index in [0.29, 0.717) is 11.1 Å². The quantitative estimate of drug-likeness (QED) is 0.925. The van der Waals surface area contributed by atoms with Crippen LogP contribution in [0, 0.1) is 5.92 Å². The van der Waals surface area contributed by atoms with Gasteiger partial charge in [-0.2, -0.15) is 0 Å². The number of rotatable bonds is 3. The topological polar surface area (TPSA) is 24.5 Å². The van der Waals surface area contributed by atoms with Gasteiger partial charge in [0.15, 0.2) is 0 Å². The molecule has 2 aliphatic rings. The summed E-state index contributed by atoms with van der Waals surface area (Å²) in [5, 5.41) is 4.42. The van der Waals surface area contributed by atoms with Gasteiger partial charge in [0.1, 0.15) is 5.75 Å². The summed E-state index contributed by atoms with van der Waals surface area (Å²) in [6, 6.07) is 6.56. The zero-order valence-electron chi connectivity index (χ0n) is 12.4. The number of piperazine rings is 1. The number of ether oxygens (including phenoxy) is 1. The minimum Gasteiger partial charge on any atom is -0.495 e. The zero-order valence-corrected chi connectivity index (χ0v) is 13.2. The number of benzene rings is 1. The Hall–Kier alpha value is -0.930. The van der Waals surface area contributed by atoms with Crippen molar-refractivity contribution < 1.29 is 4.74 Å². The molecule has 1 aliphatic carbocycles. The smallest absolute Gasteiger partial charge is 0.139 e. The molecule has 1 saturated carbocycles. The lowest BCUT2D eigenvalue weighted by Gasteiger charge is -2.47. The summed E-state index contributed by atoms with van der Waals surface area (Å²) in [6.07, 6.45) is 2.71. The summed E-state index contributed by atoms with van der Waals surface area (Å²) in [6.45, 7) is 6.69. The zero-order chi connectivity index (χ0) is 14.3. The molecule has 1 aromatic carbocycles. The highest BCUT2D eigenvalue weighted by atomic mass is 35.5. The van der Waals surface area contributed by atoms with Crippen molar-refractivity contribution >= 4 is 17.3 Å². The van der Waals surface area contributed by atoms with Gasteiger partial charge in [-0.05, 0) is 44.7 Å². The molecule has 3 rings (SSSR count). The Morgan fingerprint density at radius 1 is 1.40 bits per heavy atom. The van der Waals surface area contributed by atoms with Gasteiger partial charge < -0.3 is 15.0 Å². The molecule has 1 saturated heterocycles. The standard InChI is InChI=1S/C16H23ClN2O/c1-11-9-18-16(2,12-4-5-12)10-19(11)13-6-7-14(17)15(8-13)20-3/h6-8,11-12,18H,4-5,9-10H2,1-3H3. The van der Waals surface area contributed by atoms with Gasteiger partial charge in [-0.25, -0.2) is 0 Å². The second-order valence-corrected chi connectivity index (χ2v) is 6.78. The van der Waals surface area contributed by atoms with Gasteiger partial charge in [0.05, 0.1) is 12.1 Å². The first-order valence-electron chi connectivity index (χ1n) is 7.39. The van der Waals surface area contributed by atoms with E-state index in [1.165, 1.54) is 18.5 Å². The molecule has 2 fully saturated rings. The number of hydrogen-bond donors (Lipinski definition) is 1. The lowest BCUT2D eigenvalue weighted by atomic mass is 9.91. The molecule has 0 spiro atoms. The van der Waals surface area contributed by atoms with E-state index in [-0.39, 0.29) is 5.54 Å². The molecule has 20 heavy (non-hydrogen) atoms. The van der Waals surface area contributed by atoms with E-state index in [9.17, 15) is 0 Å². The van der Waals surface area contributed by atoms with E-state index in [4.69, 9.17) is 16.3 Å². The lowest BCUT2D eigenvalue weighted by Crippen LogP contribution is -2.63. The fourth-order valence-corrected chi connectivity index (χ4v) is 3.42. The van der Waals surface area contributed by atoms with Gasteiger partial charge >= 0.3 is 0 Å². The number of anilines is 1. The normalized spacial score (nSPS) is 30.4. The molecule has 1 aromatic rings. The second kappa shape index (κ2) is 5.12. The summed E-state index contributed by atoms with van der Waals surface area (Å²) < 4.78 is 5.35. The van der Waals surface area contributed by atoms with Gasteiger partial charge in [-0.1, -0.05) is 11.6 Å². The molecule has 0 aromatic heterocycles. The number of hydrogen-bond acceptors (Lipinski definition) is 3. The highest BCUT2D eigenvalue weighted by Crippen LogP contribution is 2.42. The van der Waals surface area contributed by atoms with Crippen LogP contribution in [0.3, 0.4) is 0 Å². The lowest BCUT2D eigenvalue weighted by molar-refractivity contribution is 0.260. The predicted octanol–water partition coefficient (Wildman–Crippen LogP) is 3.32. The average molecular weight is 295 g/mol. The van der Waals surface area contributed by atoms with Gasteiger partial charge in [-0.15, -0.1) is 0 Å². The molecule has 0 radical (unpaired) electrons.